The molecule has 0 saturated carbocycles. The summed E-state index contributed by atoms with van der Waals surface area (Å²) in [5, 5.41) is 9.49. The van der Waals surface area contributed by atoms with E-state index in [-0.39, 0.29) is 16.5 Å². The summed E-state index contributed by atoms with van der Waals surface area (Å²) in [4.78, 5) is 26.8. The lowest BCUT2D eigenvalue weighted by Gasteiger charge is -2.35. The first-order chi connectivity index (χ1) is 9.90. The average Bonchev–Trinajstić information content (AvgIpc) is 2.46. The van der Waals surface area contributed by atoms with Crippen molar-refractivity contribution < 1.29 is 19.1 Å². The highest BCUT2D eigenvalue weighted by Crippen LogP contribution is 2.17. The Hall–Kier alpha value is -1.66. The third-order valence-corrected chi connectivity index (χ3v) is 3.63. The molecule has 5 nitrogen and oxygen atoms in total. The first-order valence-corrected chi connectivity index (χ1v) is 6.99. The van der Waals surface area contributed by atoms with Crippen LogP contribution in [0, 0.1) is 5.82 Å². The Morgan fingerprint density at radius 1 is 1.24 bits per heavy atom. The monoisotopic (exact) mass is 314 g/mol. The van der Waals surface area contributed by atoms with Gasteiger partial charge in [-0.3, -0.25) is 9.59 Å². The zero-order chi connectivity index (χ0) is 15.6. The SMILES string of the molecule is CC(O)C(=O)N1CCN(C(=O)c2ccc(Cl)cc2F)CC1. The van der Waals surface area contributed by atoms with Crippen LogP contribution in [0.1, 0.15) is 17.3 Å². The molecule has 1 unspecified atom stereocenters. The van der Waals surface area contributed by atoms with E-state index in [9.17, 15) is 19.1 Å². The highest BCUT2D eigenvalue weighted by atomic mass is 35.5. The molecule has 1 aromatic carbocycles. The van der Waals surface area contributed by atoms with Crippen LogP contribution in [0.4, 0.5) is 4.39 Å². The highest BCUT2D eigenvalue weighted by Gasteiger charge is 2.27. The lowest BCUT2D eigenvalue weighted by molar-refractivity contribution is -0.140. The molecular formula is C14H16ClFN2O3. The fourth-order valence-electron chi connectivity index (χ4n) is 2.23. The van der Waals surface area contributed by atoms with E-state index in [1.54, 1.807) is 0 Å². The molecule has 0 spiro atoms. The predicted molar refractivity (Wildman–Crippen MR) is 75.6 cm³/mol. The molecule has 2 amide bonds. The standard InChI is InChI=1S/C14H16ClFN2O3/c1-9(19)13(20)17-4-6-18(7-5-17)14(21)11-3-2-10(15)8-12(11)16/h2-3,8-9,19H,4-7H2,1H3. The van der Waals surface area contributed by atoms with Crippen molar-refractivity contribution in [1.82, 2.24) is 9.80 Å². The summed E-state index contributed by atoms with van der Waals surface area (Å²) in [6.45, 7) is 2.66. The van der Waals surface area contributed by atoms with Gasteiger partial charge in [0, 0.05) is 31.2 Å². The molecule has 1 aromatic rings. The number of halogens is 2. The fraction of sp³-hybridized carbons (Fsp3) is 0.429. The Kier molecular flexibility index (Phi) is 4.80. The Balaban J connectivity index is 2.02. The van der Waals surface area contributed by atoms with Crippen LogP contribution >= 0.6 is 11.6 Å². The van der Waals surface area contributed by atoms with E-state index in [1.165, 1.54) is 28.9 Å². The number of rotatable bonds is 2. The molecule has 21 heavy (non-hydrogen) atoms. The van der Waals surface area contributed by atoms with Crippen molar-refractivity contribution in [2.75, 3.05) is 26.2 Å². The van der Waals surface area contributed by atoms with Gasteiger partial charge in [-0.15, -0.1) is 0 Å². The minimum absolute atomic E-state index is 0.0327. The zero-order valence-corrected chi connectivity index (χ0v) is 12.3. The number of hydrogen-bond donors (Lipinski definition) is 1. The van der Waals surface area contributed by atoms with Gasteiger partial charge in [0.1, 0.15) is 11.9 Å². The fourth-order valence-corrected chi connectivity index (χ4v) is 2.39. The van der Waals surface area contributed by atoms with Crippen LogP contribution in [0.15, 0.2) is 18.2 Å². The second-order valence-corrected chi connectivity index (χ2v) is 5.35. The molecule has 1 fully saturated rings. The number of amides is 2. The van der Waals surface area contributed by atoms with Gasteiger partial charge in [0.15, 0.2) is 0 Å². The van der Waals surface area contributed by atoms with Gasteiger partial charge in [-0.1, -0.05) is 11.6 Å². The van der Waals surface area contributed by atoms with Crippen molar-refractivity contribution in [3.05, 3.63) is 34.6 Å². The van der Waals surface area contributed by atoms with Crippen LogP contribution in [0.25, 0.3) is 0 Å². The second kappa shape index (κ2) is 6.41. The van der Waals surface area contributed by atoms with Crippen molar-refractivity contribution in [3.63, 3.8) is 0 Å². The summed E-state index contributed by atoms with van der Waals surface area (Å²) in [7, 11) is 0. The Morgan fingerprint density at radius 3 is 2.33 bits per heavy atom. The van der Waals surface area contributed by atoms with Crippen molar-refractivity contribution in [2.45, 2.75) is 13.0 Å². The quantitative estimate of drug-likeness (QED) is 0.890. The number of aliphatic hydroxyl groups excluding tert-OH is 1. The van der Waals surface area contributed by atoms with Gasteiger partial charge >= 0.3 is 0 Å². The molecule has 2 rings (SSSR count). The number of piperazine rings is 1. The summed E-state index contributed by atoms with van der Waals surface area (Å²) < 4.78 is 13.7. The van der Waals surface area contributed by atoms with Crippen molar-refractivity contribution in [1.29, 1.82) is 0 Å². The van der Waals surface area contributed by atoms with Crippen LogP contribution in [-0.4, -0.2) is 59.0 Å². The lowest BCUT2D eigenvalue weighted by atomic mass is 10.1. The summed E-state index contributed by atoms with van der Waals surface area (Å²) in [6, 6.07) is 3.92. The summed E-state index contributed by atoms with van der Waals surface area (Å²) >= 11 is 5.66. The molecule has 0 bridgehead atoms. The molecule has 0 radical (unpaired) electrons. The second-order valence-electron chi connectivity index (χ2n) is 4.92. The minimum atomic E-state index is -1.05. The summed E-state index contributed by atoms with van der Waals surface area (Å²) in [5.41, 5.74) is -0.0327. The van der Waals surface area contributed by atoms with Crippen LogP contribution < -0.4 is 0 Å². The van der Waals surface area contributed by atoms with Gasteiger partial charge in [0.05, 0.1) is 5.56 Å². The van der Waals surface area contributed by atoms with Crippen molar-refractivity contribution >= 4 is 23.4 Å². The highest BCUT2D eigenvalue weighted by molar-refractivity contribution is 6.30. The van der Waals surface area contributed by atoms with Crippen LogP contribution in [-0.2, 0) is 4.79 Å². The van der Waals surface area contributed by atoms with Crippen molar-refractivity contribution in [2.24, 2.45) is 0 Å². The topological polar surface area (TPSA) is 60.9 Å². The third kappa shape index (κ3) is 3.51. The van der Waals surface area contributed by atoms with Crippen molar-refractivity contribution in [3.8, 4) is 0 Å². The van der Waals surface area contributed by atoms with Crippen LogP contribution in [0.5, 0.6) is 0 Å². The Bertz CT molecular complexity index is 557. The van der Waals surface area contributed by atoms with E-state index in [0.29, 0.717) is 26.2 Å². The molecule has 1 aliphatic heterocycles. The first kappa shape index (κ1) is 15.7. The van der Waals surface area contributed by atoms with Gasteiger partial charge in [0.25, 0.3) is 11.8 Å². The summed E-state index contributed by atoms with van der Waals surface area (Å²) in [5.74, 6) is -1.44. The largest absolute Gasteiger partial charge is 0.384 e. The molecule has 0 aromatic heterocycles. The van der Waals surface area contributed by atoms with E-state index < -0.39 is 17.8 Å². The molecule has 1 atom stereocenters. The van der Waals surface area contributed by atoms with E-state index in [2.05, 4.69) is 0 Å². The van der Waals surface area contributed by atoms with E-state index in [4.69, 9.17) is 11.6 Å². The molecule has 1 N–H and O–H groups in total. The minimum Gasteiger partial charge on any atom is -0.384 e. The van der Waals surface area contributed by atoms with Crippen LogP contribution in [0.2, 0.25) is 5.02 Å². The van der Waals surface area contributed by atoms with Gasteiger partial charge in [-0.25, -0.2) is 4.39 Å². The van der Waals surface area contributed by atoms with Gasteiger partial charge in [-0.2, -0.15) is 0 Å². The third-order valence-electron chi connectivity index (χ3n) is 3.40. The van der Waals surface area contributed by atoms with E-state index in [0.717, 1.165) is 6.07 Å². The maximum absolute atomic E-state index is 13.7. The number of nitrogens with zero attached hydrogens (tertiary/aromatic N) is 2. The number of carbonyl (C=O) groups excluding carboxylic acids is 2. The molecule has 1 saturated heterocycles. The molecule has 114 valence electrons. The lowest BCUT2D eigenvalue weighted by Crippen LogP contribution is -2.52. The number of carbonyl (C=O) groups is 2. The van der Waals surface area contributed by atoms with E-state index >= 15 is 0 Å². The smallest absolute Gasteiger partial charge is 0.256 e. The predicted octanol–water partition coefficient (Wildman–Crippen LogP) is 1.14. The molecule has 1 aliphatic rings. The molecule has 7 heteroatoms. The number of hydrogen-bond acceptors (Lipinski definition) is 3. The molecule has 1 heterocycles. The molecule has 0 aliphatic carbocycles. The Morgan fingerprint density at radius 2 is 1.81 bits per heavy atom. The number of aliphatic hydroxyl groups is 1. The normalized spacial score (nSPS) is 16.8. The summed E-state index contributed by atoms with van der Waals surface area (Å²) in [6.07, 6.45) is -1.05. The maximum Gasteiger partial charge on any atom is 0.256 e. The maximum atomic E-state index is 13.7. The first-order valence-electron chi connectivity index (χ1n) is 6.61. The van der Waals surface area contributed by atoms with E-state index in [1.807, 2.05) is 0 Å². The van der Waals surface area contributed by atoms with Gasteiger partial charge < -0.3 is 14.9 Å². The van der Waals surface area contributed by atoms with Crippen LogP contribution in [0.3, 0.4) is 0 Å². The Labute approximate surface area is 126 Å². The zero-order valence-electron chi connectivity index (χ0n) is 11.6. The van der Waals surface area contributed by atoms with Gasteiger partial charge in [0.2, 0.25) is 0 Å². The molecular weight excluding hydrogens is 299 g/mol. The van der Waals surface area contributed by atoms with Gasteiger partial charge in [-0.05, 0) is 25.1 Å². The average molecular weight is 315 g/mol. The number of benzene rings is 1.